The van der Waals surface area contributed by atoms with Gasteiger partial charge in [-0.15, -0.1) is 11.3 Å². The van der Waals surface area contributed by atoms with E-state index < -0.39 is 0 Å². The Bertz CT molecular complexity index is 1670. The Morgan fingerprint density at radius 3 is 2.24 bits per heavy atom. The van der Waals surface area contributed by atoms with Gasteiger partial charge in [-0.3, -0.25) is 4.79 Å². The molecule has 2 aromatic heterocycles. The number of carbonyl (C=O) groups is 1. The minimum Gasteiger partial charge on any atom is -0.493 e. The minimum absolute atomic E-state index is 0.245. The zero-order chi connectivity index (χ0) is 28.8. The zero-order valence-electron chi connectivity index (χ0n) is 23.2. The molecule has 0 aliphatic carbocycles. The number of carbonyl (C=O) groups excluding carboxylic acids is 1. The SMILES string of the molecule is CCOc1cc(Nc2ncnc3scc(-c4ccc(OC)c(OC)c4)c23)c(OCC)cc1NC(=O)c1ccccc1. The van der Waals surface area contributed by atoms with Crippen LogP contribution < -0.4 is 29.6 Å². The number of rotatable bonds is 11. The van der Waals surface area contributed by atoms with Crippen LogP contribution >= 0.6 is 11.3 Å². The summed E-state index contributed by atoms with van der Waals surface area (Å²) in [6, 6.07) is 18.4. The van der Waals surface area contributed by atoms with Gasteiger partial charge in [-0.1, -0.05) is 24.3 Å². The molecule has 41 heavy (non-hydrogen) atoms. The lowest BCUT2D eigenvalue weighted by atomic mass is 10.1. The van der Waals surface area contributed by atoms with Crippen molar-refractivity contribution in [3.8, 4) is 34.1 Å². The molecule has 9 nitrogen and oxygen atoms in total. The summed E-state index contributed by atoms with van der Waals surface area (Å²) in [6.45, 7) is 4.62. The molecule has 5 rings (SSSR count). The van der Waals surface area contributed by atoms with Crippen molar-refractivity contribution in [2.45, 2.75) is 13.8 Å². The number of thiophene rings is 1. The van der Waals surface area contributed by atoms with Crippen molar-refractivity contribution in [2.75, 3.05) is 38.1 Å². The molecule has 2 N–H and O–H groups in total. The smallest absolute Gasteiger partial charge is 0.255 e. The molecule has 3 aromatic carbocycles. The van der Waals surface area contributed by atoms with Crippen molar-refractivity contribution in [3.05, 3.63) is 77.9 Å². The number of hydrogen-bond donors (Lipinski definition) is 2. The molecule has 0 fully saturated rings. The Morgan fingerprint density at radius 2 is 1.54 bits per heavy atom. The van der Waals surface area contributed by atoms with E-state index in [0.29, 0.717) is 59.0 Å². The van der Waals surface area contributed by atoms with Crippen LogP contribution in [0.5, 0.6) is 23.0 Å². The average Bonchev–Trinajstić information content (AvgIpc) is 3.44. The standard InChI is InChI=1S/C31H30N4O5S/c1-5-39-25-16-23(35-30(36)19-10-8-7-9-11-19)26(40-6-2)15-22(25)34-29-28-21(17-41-31(28)33-18-32-29)20-12-13-24(37-3)27(14-20)38-4/h7-18H,5-6H2,1-4H3,(H,35,36)(H,32,33,34). The number of nitrogens with one attached hydrogen (secondary N) is 2. The normalized spacial score (nSPS) is 10.7. The topological polar surface area (TPSA) is 104 Å². The summed E-state index contributed by atoms with van der Waals surface area (Å²) in [5, 5.41) is 9.30. The highest BCUT2D eigenvalue weighted by atomic mass is 32.1. The highest BCUT2D eigenvalue weighted by molar-refractivity contribution is 7.17. The monoisotopic (exact) mass is 570 g/mol. The number of anilines is 3. The summed E-state index contributed by atoms with van der Waals surface area (Å²) >= 11 is 1.52. The van der Waals surface area contributed by atoms with E-state index >= 15 is 0 Å². The highest BCUT2D eigenvalue weighted by Crippen LogP contribution is 2.43. The van der Waals surface area contributed by atoms with Crippen LogP contribution in [0.25, 0.3) is 21.3 Å². The largest absolute Gasteiger partial charge is 0.493 e. The molecule has 210 valence electrons. The number of nitrogens with zero attached hydrogens (tertiary/aromatic N) is 2. The third-order valence-corrected chi connectivity index (χ3v) is 7.17. The summed E-state index contributed by atoms with van der Waals surface area (Å²) < 4.78 is 22.9. The van der Waals surface area contributed by atoms with Crippen LogP contribution in [0.4, 0.5) is 17.2 Å². The van der Waals surface area contributed by atoms with E-state index in [1.165, 1.54) is 17.7 Å². The molecule has 0 spiro atoms. The fourth-order valence-corrected chi connectivity index (χ4v) is 5.32. The van der Waals surface area contributed by atoms with Crippen LogP contribution in [-0.2, 0) is 0 Å². The molecule has 5 aromatic rings. The van der Waals surface area contributed by atoms with Gasteiger partial charge in [-0.2, -0.15) is 0 Å². The Balaban J connectivity index is 1.56. The molecule has 10 heteroatoms. The summed E-state index contributed by atoms with van der Waals surface area (Å²) in [5.74, 6) is 2.67. The number of benzene rings is 3. The molecule has 2 heterocycles. The number of fused-ring (bicyclic) bond motifs is 1. The van der Waals surface area contributed by atoms with Crippen LogP contribution in [0.15, 0.2) is 72.4 Å². The summed E-state index contributed by atoms with van der Waals surface area (Å²) in [5.41, 5.74) is 3.56. The molecule has 0 aliphatic heterocycles. The fraction of sp³-hybridized carbons (Fsp3) is 0.194. The van der Waals surface area contributed by atoms with Crippen LogP contribution in [0.1, 0.15) is 24.2 Å². The highest BCUT2D eigenvalue weighted by Gasteiger charge is 2.19. The van der Waals surface area contributed by atoms with Gasteiger partial charge in [0, 0.05) is 28.6 Å². The molecule has 0 radical (unpaired) electrons. The van der Waals surface area contributed by atoms with Crippen LogP contribution in [0.2, 0.25) is 0 Å². The van der Waals surface area contributed by atoms with Crippen LogP contribution in [0, 0.1) is 0 Å². The molecular formula is C31H30N4O5S. The molecular weight excluding hydrogens is 540 g/mol. The van der Waals surface area contributed by atoms with Crippen LogP contribution in [-0.4, -0.2) is 43.3 Å². The van der Waals surface area contributed by atoms with Gasteiger partial charge in [0.1, 0.15) is 28.5 Å². The third kappa shape index (κ3) is 5.87. The van der Waals surface area contributed by atoms with Crippen LogP contribution in [0.3, 0.4) is 0 Å². The number of ether oxygens (including phenoxy) is 4. The van der Waals surface area contributed by atoms with Gasteiger partial charge < -0.3 is 29.6 Å². The Labute approximate surface area is 242 Å². The fourth-order valence-electron chi connectivity index (χ4n) is 4.40. The van der Waals surface area contributed by atoms with Crippen molar-refractivity contribution in [3.63, 3.8) is 0 Å². The first-order valence-corrected chi connectivity index (χ1v) is 14.0. The van der Waals surface area contributed by atoms with E-state index in [2.05, 4.69) is 20.6 Å². The summed E-state index contributed by atoms with van der Waals surface area (Å²) in [4.78, 5) is 22.8. The van der Waals surface area contributed by atoms with Gasteiger partial charge in [-0.25, -0.2) is 9.97 Å². The van der Waals surface area contributed by atoms with Gasteiger partial charge in [0.15, 0.2) is 11.5 Å². The first-order chi connectivity index (χ1) is 20.1. The van der Waals surface area contributed by atoms with E-state index in [0.717, 1.165) is 21.3 Å². The van der Waals surface area contributed by atoms with Crippen molar-refractivity contribution < 1.29 is 23.7 Å². The second-order valence-corrected chi connectivity index (χ2v) is 9.64. The molecule has 0 aliphatic rings. The van der Waals surface area contributed by atoms with Crippen molar-refractivity contribution in [2.24, 2.45) is 0 Å². The lowest BCUT2D eigenvalue weighted by Gasteiger charge is -2.18. The second kappa shape index (κ2) is 12.6. The predicted octanol–water partition coefficient (Wildman–Crippen LogP) is 7.17. The minimum atomic E-state index is -0.245. The summed E-state index contributed by atoms with van der Waals surface area (Å²) in [6.07, 6.45) is 1.53. The van der Waals surface area contributed by atoms with Crippen molar-refractivity contribution in [1.82, 2.24) is 9.97 Å². The second-order valence-electron chi connectivity index (χ2n) is 8.78. The molecule has 0 atom stereocenters. The lowest BCUT2D eigenvalue weighted by molar-refractivity contribution is 0.102. The molecule has 0 saturated carbocycles. The van der Waals surface area contributed by atoms with Crippen molar-refractivity contribution in [1.29, 1.82) is 0 Å². The third-order valence-electron chi connectivity index (χ3n) is 6.28. The summed E-state index contributed by atoms with van der Waals surface area (Å²) in [7, 11) is 3.22. The first kappa shape index (κ1) is 27.7. The first-order valence-electron chi connectivity index (χ1n) is 13.1. The average molecular weight is 571 g/mol. The van der Waals surface area contributed by atoms with Gasteiger partial charge in [0.2, 0.25) is 0 Å². The maximum atomic E-state index is 12.9. The molecule has 0 unspecified atom stereocenters. The Morgan fingerprint density at radius 1 is 0.829 bits per heavy atom. The van der Waals surface area contributed by atoms with E-state index in [1.807, 2.05) is 61.7 Å². The van der Waals surface area contributed by atoms with Crippen molar-refractivity contribution >= 4 is 44.7 Å². The van der Waals surface area contributed by atoms with E-state index in [4.69, 9.17) is 18.9 Å². The van der Waals surface area contributed by atoms with Gasteiger partial charge in [0.05, 0.1) is 44.2 Å². The molecule has 1 amide bonds. The van der Waals surface area contributed by atoms with E-state index in [-0.39, 0.29) is 5.91 Å². The number of amides is 1. The molecule has 0 saturated heterocycles. The number of aromatic nitrogens is 2. The lowest BCUT2D eigenvalue weighted by Crippen LogP contribution is -2.13. The molecule has 0 bridgehead atoms. The maximum absolute atomic E-state index is 12.9. The quantitative estimate of drug-likeness (QED) is 0.172. The Kier molecular flexibility index (Phi) is 8.50. The van der Waals surface area contributed by atoms with Gasteiger partial charge >= 0.3 is 0 Å². The zero-order valence-corrected chi connectivity index (χ0v) is 24.0. The van der Waals surface area contributed by atoms with Gasteiger partial charge in [0.25, 0.3) is 5.91 Å². The predicted molar refractivity (Wildman–Crippen MR) is 162 cm³/mol. The number of methoxy groups -OCH3 is 2. The maximum Gasteiger partial charge on any atom is 0.255 e. The number of hydrogen-bond acceptors (Lipinski definition) is 9. The van der Waals surface area contributed by atoms with E-state index in [1.54, 1.807) is 32.4 Å². The van der Waals surface area contributed by atoms with E-state index in [9.17, 15) is 4.79 Å². The van der Waals surface area contributed by atoms with Gasteiger partial charge in [-0.05, 0) is 43.7 Å². The Hall–Kier alpha value is -4.83.